The van der Waals surface area contributed by atoms with Gasteiger partial charge in [0.15, 0.2) is 5.78 Å². The van der Waals surface area contributed by atoms with Crippen LogP contribution in [-0.4, -0.2) is 19.0 Å². The lowest BCUT2D eigenvalue weighted by molar-refractivity contribution is -0.123. The van der Waals surface area contributed by atoms with Gasteiger partial charge < -0.3 is 4.74 Å². The summed E-state index contributed by atoms with van der Waals surface area (Å²) in [7, 11) is 0. The van der Waals surface area contributed by atoms with Crippen molar-refractivity contribution in [1.82, 2.24) is 0 Å². The van der Waals surface area contributed by atoms with Crippen molar-refractivity contribution < 1.29 is 9.53 Å². The fourth-order valence-electron chi connectivity index (χ4n) is 0.632. The van der Waals surface area contributed by atoms with Gasteiger partial charge in [-0.15, -0.1) is 0 Å². The molecule has 0 saturated carbocycles. The first-order chi connectivity index (χ1) is 4.81. The molecule has 2 heteroatoms. The van der Waals surface area contributed by atoms with Gasteiger partial charge in [-0.2, -0.15) is 0 Å². The van der Waals surface area contributed by atoms with E-state index in [0.717, 1.165) is 12.8 Å². The average molecular weight is 143 g/mol. The second kappa shape index (κ2) is 6.75. The molecule has 0 aliphatic heterocycles. The Labute approximate surface area is 62.6 Å². The Morgan fingerprint density at radius 3 is 2.80 bits per heavy atom. The number of unbranched alkanes of at least 4 members (excludes halogenated alkanes) is 1. The van der Waals surface area contributed by atoms with E-state index < -0.39 is 0 Å². The summed E-state index contributed by atoms with van der Waals surface area (Å²) in [5.41, 5.74) is 0. The molecule has 0 amide bonds. The smallest absolute Gasteiger partial charge is 0.158 e. The number of ketones is 1. The fourth-order valence-corrected chi connectivity index (χ4v) is 0.632. The van der Waals surface area contributed by atoms with Gasteiger partial charge in [0.1, 0.15) is 6.61 Å². The molecule has 0 rings (SSSR count). The number of hydrogen-bond acceptors (Lipinski definition) is 2. The molecule has 0 bridgehead atoms. The highest BCUT2D eigenvalue weighted by Crippen LogP contribution is 1.94. The molecule has 0 aromatic heterocycles. The monoisotopic (exact) mass is 143 g/mol. The third-order valence-electron chi connectivity index (χ3n) is 1.22. The van der Waals surface area contributed by atoms with Crippen molar-refractivity contribution >= 4 is 5.78 Å². The maximum absolute atomic E-state index is 10.8. The SMILES string of the molecule is [CH2]COCC(=O)CCCC. The van der Waals surface area contributed by atoms with Gasteiger partial charge in [-0.25, -0.2) is 0 Å². The lowest BCUT2D eigenvalue weighted by Crippen LogP contribution is -2.07. The number of rotatable bonds is 6. The van der Waals surface area contributed by atoms with Gasteiger partial charge in [-0.05, 0) is 13.3 Å². The summed E-state index contributed by atoms with van der Waals surface area (Å²) in [6.45, 7) is 6.15. The first-order valence-corrected chi connectivity index (χ1v) is 3.70. The average Bonchev–Trinajstić information content (AvgIpc) is 1.97. The van der Waals surface area contributed by atoms with Crippen molar-refractivity contribution in [3.8, 4) is 0 Å². The van der Waals surface area contributed by atoms with Crippen molar-refractivity contribution in [1.29, 1.82) is 0 Å². The van der Waals surface area contributed by atoms with Crippen LogP contribution in [0.15, 0.2) is 0 Å². The first-order valence-electron chi connectivity index (χ1n) is 3.70. The quantitative estimate of drug-likeness (QED) is 0.564. The van der Waals surface area contributed by atoms with E-state index in [1.807, 2.05) is 0 Å². The van der Waals surface area contributed by atoms with E-state index in [0.29, 0.717) is 13.0 Å². The van der Waals surface area contributed by atoms with E-state index in [9.17, 15) is 4.79 Å². The van der Waals surface area contributed by atoms with Crippen LogP contribution in [-0.2, 0) is 9.53 Å². The van der Waals surface area contributed by atoms with Crippen molar-refractivity contribution in [2.75, 3.05) is 13.2 Å². The summed E-state index contributed by atoms with van der Waals surface area (Å²) in [5.74, 6) is 0.186. The normalized spacial score (nSPS) is 9.80. The van der Waals surface area contributed by atoms with Gasteiger partial charge in [-0.3, -0.25) is 4.79 Å². The van der Waals surface area contributed by atoms with Crippen molar-refractivity contribution in [3.05, 3.63) is 6.92 Å². The number of carbonyl (C=O) groups excluding carboxylic acids is 1. The predicted octanol–water partition coefficient (Wildman–Crippen LogP) is 1.60. The fraction of sp³-hybridized carbons (Fsp3) is 0.750. The number of ether oxygens (including phenoxy) is 1. The van der Waals surface area contributed by atoms with Crippen LogP contribution in [0.25, 0.3) is 0 Å². The minimum Gasteiger partial charge on any atom is -0.374 e. The maximum atomic E-state index is 10.8. The second-order valence-corrected chi connectivity index (χ2v) is 2.19. The largest absolute Gasteiger partial charge is 0.374 e. The highest BCUT2D eigenvalue weighted by Gasteiger charge is 1.98. The number of hydrogen-bond donors (Lipinski definition) is 0. The van der Waals surface area contributed by atoms with Crippen LogP contribution >= 0.6 is 0 Å². The van der Waals surface area contributed by atoms with Crippen molar-refractivity contribution in [3.63, 3.8) is 0 Å². The third kappa shape index (κ3) is 5.76. The standard InChI is InChI=1S/C8H15O2/c1-3-5-6-8(9)7-10-4-2/h2-7H2,1H3. The molecule has 0 aliphatic rings. The van der Waals surface area contributed by atoms with E-state index in [1.54, 1.807) is 0 Å². The summed E-state index contributed by atoms with van der Waals surface area (Å²) >= 11 is 0. The summed E-state index contributed by atoms with van der Waals surface area (Å²) in [6, 6.07) is 0. The Balaban J connectivity index is 3.09. The Hall–Kier alpha value is -0.370. The molecule has 0 aromatic carbocycles. The first kappa shape index (κ1) is 9.63. The van der Waals surface area contributed by atoms with Crippen LogP contribution < -0.4 is 0 Å². The molecule has 0 aliphatic carbocycles. The lowest BCUT2D eigenvalue weighted by atomic mass is 10.2. The Morgan fingerprint density at radius 2 is 2.30 bits per heavy atom. The van der Waals surface area contributed by atoms with Crippen LogP contribution in [0.4, 0.5) is 0 Å². The molecule has 0 saturated heterocycles. The van der Waals surface area contributed by atoms with Gasteiger partial charge in [-0.1, -0.05) is 13.3 Å². The van der Waals surface area contributed by atoms with Crippen LogP contribution in [0, 0.1) is 6.92 Å². The lowest BCUT2D eigenvalue weighted by Gasteiger charge is -1.98. The van der Waals surface area contributed by atoms with Crippen LogP contribution in [0.5, 0.6) is 0 Å². The minimum atomic E-state index is 0.186. The summed E-state index contributed by atoms with van der Waals surface area (Å²) in [5, 5.41) is 0. The third-order valence-corrected chi connectivity index (χ3v) is 1.22. The molecule has 59 valence electrons. The molecule has 10 heavy (non-hydrogen) atoms. The minimum absolute atomic E-state index is 0.186. The van der Waals surface area contributed by atoms with E-state index in [2.05, 4.69) is 13.8 Å². The highest BCUT2D eigenvalue weighted by atomic mass is 16.5. The van der Waals surface area contributed by atoms with E-state index in [4.69, 9.17) is 4.74 Å². The molecular formula is C8H15O2. The molecular weight excluding hydrogens is 128 g/mol. The summed E-state index contributed by atoms with van der Waals surface area (Å²) < 4.78 is 4.83. The van der Waals surface area contributed by atoms with Crippen LogP contribution in [0.3, 0.4) is 0 Å². The molecule has 0 unspecified atom stereocenters. The molecule has 0 N–H and O–H groups in total. The van der Waals surface area contributed by atoms with Gasteiger partial charge in [0.05, 0.1) is 0 Å². The van der Waals surface area contributed by atoms with Gasteiger partial charge in [0.25, 0.3) is 0 Å². The summed E-state index contributed by atoms with van der Waals surface area (Å²) in [6.07, 6.45) is 2.69. The molecule has 0 spiro atoms. The predicted molar refractivity (Wildman–Crippen MR) is 40.7 cm³/mol. The molecule has 1 radical (unpaired) electrons. The van der Waals surface area contributed by atoms with E-state index >= 15 is 0 Å². The van der Waals surface area contributed by atoms with E-state index in [-0.39, 0.29) is 12.4 Å². The number of Topliss-reactive ketones (excluding diaryl/α,β-unsaturated/α-hetero) is 1. The summed E-state index contributed by atoms with van der Waals surface area (Å²) in [4.78, 5) is 10.8. The molecule has 0 aromatic rings. The zero-order valence-corrected chi connectivity index (χ0v) is 6.56. The molecule has 0 atom stereocenters. The molecule has 0 heterocycles. The highest BCUT2D eigenvalue weighted by molar-refractivity contribution is 5.79. The van der Waals surface area contributed by atoms with Crippen molar-refractivity contribution in [2.45, 2.75) is 26.2 Å². The van der Waals surface area contributed by atoms with Crippen molar-refractivity contribution in [2.24, 2.45) is 0 Å². The topological polar surface area (TPSA) is 26.3 Å². The van der Waals surface area contributed by atoms with Crippen LogP contribution in [0.1, 0.15) is 26.2 Å². The molecule has 0 fully saturated rings. The Morgan fingerprint density at radius 1 is 1.60 bits per heavy atom. The molecule has 2 nitrogen and oxygen atoms in total. The Bertz CT molecular complexity index is 79.3. The zero-order valence-electron chi connectivity index (χ0n) is 6.56. The van der Waals surface area contributed by atoms with E-state index in [1.165, 1.54) is 0 Å². The van der Waals surface area contributed by atoms with Gasteiger partial charge in [0, 0.05) is 13.0 Å². The van der Waals surface area contributed by atoms with Gasteiger partial charge >= 0.3 is 0 Å². The van der Waals surface area contributed by atoms with Gasteiger partial charge in [0.2, 0.25) is 0 Å². The number of carbonyl (C=O) groups is 1. The maximum Gasteiger partial charge on any atom is 0.158 e. The Kier molecular flexibility index (Phi) is 6.50. The second-order valence-electron chi connectivity index (χ2n) is 2.19. The van der Waals surface area contributed by atoms with Crippen LogP contribution in [0.2, 0.25) is 0 Å². The zero-order chi connectivity index (χ0) is 7.82.